The van der Waals surface area contributed by atoms with Gasteiger partial charge >= 0.3 is 0 Å². The summed E-state index contributed by atoms with van der Waals surface area (Å²) in [4.78, 5) is 23.4. The van der Waals surface area contributed by atoms with E-state index in [0.29, 0.717) is 0 Å². The number of rotatable bonds is 5. The van der Waals surface area contributed by atoms with E-state index < -0.39 is 27.3 Å². The third kappa shape index (κ3) is 4.57. The normalized spacial score (nSPS) is 11.1. The van der Waals surface area contributed by atoms with Gasteiger partial charge in [0.05, 0.1) is 21.8 Å². The molecule has 7 nitrogen and oxygen atoms in total. The summed E-state index contributed by atoms with van der Waals surface area (Å²) >= 11 is 5.89. The number of benzene rings is 2. The Hall–Kier alpha value is -2.49. The van der Waals surface area contributed by atoms with E-state index in [9.17, 15) is 22.4 Å². The van der Waals surface area contributed by atoms with Gasteiger partial charge in [-0.15, -0.1) is 0 Å². The van der Waals surface area contributed by atoms with Crippen LogP contribution in [0.25, 0.3) is 0 Å². The molecule has 0 bridgehead atoms. The molecule has 0 saturated carbocycles. The largest absolute Gasteiger partial charge is 0.325 e. The molecule has 0 atom stereocenters. The van der Waals surface area contributed by atoms with Crippen LogP contribution in [-0.4, -0.2) is 27.3 Å². The summed E-state index contributed by atoms with van der Waals surface area (Å²) in [6, 6.07) is 7.18. The van der Waals surface area contributed by atoms with Crippen LogP contribution < -0.4 is 15.4 Å². The van der Waals surface area contributed by atoms with E-state index in [1.807, 2.05) is 0 Å². The number of nitrogens with one attached hydrogen (secondary N) is 3. The fraction of sp³-hybridized carbons (Fsp3) is 0.125. The molecule has 0 radical (unpaired) electrons. The lowest BCUT2D eigenvalue weighted by atomic mass is 10.2. The van der Waals surface area contributed by atoms with E-state index in [-0.39, 0.29) is 27.2 Å². The van der Waals surface area contributed by atoms with Crippen molar-refractivity contribution in [2.45, 2.75) is 11.8 Å². The Morgan fingerprint density at radius 1 is 1.04 bits per heavy atom. The van der Waals surface area contributed by atoms with E-state index in [2.05, 4.69) is 15.4 Å². The molecule has 0 aliphatic carbocycles. The first-order valence-corrected chi connectivity index (χ1v) is 9.11. The molecule has 2 amide bonds. The first-order chi connectivity index (χ1) is 12.1. The van der Waals surface area contributed by atoms with Crippen LogP contribution >= 0.6 is 11.6 Å². The van der Waals surface area contributed by atoms with Gasteiger partial charge in [0.15, 0.2) is 0 Å². The van der Waals surface area contributed by atoms with Gasteiger partial charge in [-0.1, -0.05) is 11.6 Å². The molecule has 10 heteroatoms. The lowest BCUT2D eigenvalue weighted by Crippen LogP contribution is -2.21. The second kappa shape index (κ2) is 7.81. The topological polar surface area (TPSA) is 104 Å². The smallest absolute Gasteiger partial charge is 0.258 e. The van der Waals surface area contributed by atoms with Crippen molar-refractivity contribution in [1.82, 2.24) is 4.72 Å². The number of anilines is 2. The maximum absolute atomic E-state index is 14.0. The van der Waals surface area contributed by atoms with E-state index in [0.717, 1.165) is 18.2 Å². The molecule has 0 unspecified atom stereocenters. The first-order valence-electron chi connectivity index (χ1n) is 7.25. The standard InChI is InChI=1S/C16H15ClFN3O4S/c1-9(22)20-14-6-3-10(17)7-15(14)21-16(23)12-8-11(4-5-13(12)18)26(24,25)19-2/h3-8,19H,1-2H3,(H,20,22)(H,21,23). The Balaban J connectivity index is 2.41. The second-order valence-electron chi connectivity index (χ2n) is 5.17. The van der Waals surface area contributed by atoms with Crippen LogP contribution in [-0.2, 0) is 14.8 Å². The van der Waals surface area contributed by atoms with Crippen LogP contribution in [0.4, 0.5) is 15.8 Å². The quantitative estimate of drug-likeness (QED) is 0.718. The van der Waals surface area contributed by atoms with Crippen molar-refractivity contribution >= 4 is 44.8 Å². The number of hydrogen-bond acceptors (Lipinski definition) is 4. The minimum atomic E-state index is -3.85. The predicted molar refractivity (Wildman–Crippen MR) is 96.4 cm³/mol. The van der Waals surface area contributed by atoms with Crippen molar-refractivity contribution < 1.29 is 22.4 Å². The zero-order valence-corrected chi connectivity index (χ0v) is 15.3. The summed E-state index contributed by atoms with van der Waals surface area (Å²) in [6.07, 6.45) is 0. The first kappa shape index (κ1) is 19.8. The van der Waals surface area contributed by atoms with Crippen LogP contribution in [0.2, 0.25) is 5.02 Å². The van der Waals surface area contributed by atoms with Gasteiger partial charge in [0.2, 0.25) is 15.9 Å². The van der Waals surface area contributed by atoms with Crippen LogP contribution in [0, 0.1) is 5.82 Å². The molecule has 0 saturated heterocycles. The summed E-state index contributed by atoms with van der Waals surface area (Å²) in [5.41, 5.74) is -0.0799. The third-order valence-corrected chi connectivity index (χ3v) is 4.95. The fourth-order valence-corrected chi connectivity index (χ4v) is 3.00. The van der Waals surface area contributed by atoms with Gasteiger partial charge in [0.1, 0.15) is 5.82 Å². The number of carbonyl (C=O) groups is 2. The molecule has 0 fully saturated rings. The summed E-state index contributed by atoms with van der Waals surface area (Å²) in [5, 5.41) is 5.20. The molecule has 2 aromatic rings. The van der Waals surface area contributed by atoms with Crippen molar-refractivity contribution in [3.05, 3.63) is 52.8 Å². The highest BCUT2D eigenvalue weighted by molar-refractivity contribution is 7.89. The van der Waals surface area contributed by atoms with Crippen molar-refractivity contribution in [3.63, 3.8) is 0 Å². The van der Waals surface area contributed by atoms with E-state index >= 15 is 0 Å². The van der Waals surface area contributed by atoms with E-state index in [4.69, 9.17) is 11.6 Å². The zero-order chi connectivity index (χ0) is 19.5. The van der Waals surface area contributed by atoms with Crippen LogP contribution in [0.3, 0.4) is 0 Å². The van der Waals surface area contributed by atoms with Crippen molar-refractivity contribution in [1.29, 1.82) is 0 Å². The van der Waals surface area contributed by atoms with Gasteiger partial charge in [-0.05, 0) is 43.4 Å². The van der Waals surface area contributed by atoms with Crippen LogP contribution in [0.5, 0.6) is 0 Å². The molecule has 3 N–H and O–H groups in total. The van der Waals surface area contributed by atoms with E-state index in [1.54, 1.807) is 0 Å². The summed E-state index contributed by atoms with van der Waals surface area (Å²) < 4.78 is 39.8. The Morgan fingerprint density at radius 2 is 1.73 bits per heavy atom. The molecular weight excluding hydrogens is 385 g/mol. The monoisotopic (exact) mass is 399 g/mol. The molecule has 0 aromatic heterocycles. The number of carbonyl (C=O) groups excluding carboxylic acids is 2. The van der Waals surface area contributed by atoms with Crippen molar-refractivity contribution in [2.75, 3.05) is 17.7 Å². The highest BCUT2D eigenvalue weighted by Crippen LogP contribution is 2.27. The summed E-state index contributed by atoms with van der Waals surface area (Å²) in [5.74, 6) is -2.18. The number of amides is 2. The van der Waals surface area contributed by atoms with Gasteiger partial charge in [0.25, 0.3) is 5.91 Å². The Kier molecular flexibility index (Phi) is 5.96. The van der Waals surface area contributed by atoms with Gasteiger partial charge in [0, 0.05) is 11.9 Å². The third-order valence-electron chi connectivity index (χ3n) is 3.30. The number of halogens is 2. The zero-order valence-electron chi connectivity index (χ0n) is 13.8. The average molecular weight is 400 g/mol. The number of hydrogen-bond donors (Lipinski definition) is 3. The van der Waals surface area contributed by atoms with Crippen molar-refractivity contribution in [2.24, 2.45) is 0 Å². The minimum absolute atomic E-state index is 0.138. The maximum Gasteiger partial charge on any atom is 0.258 e. The predicted octanol–water partition coefficient (Wildman–Crippen LogP) is 2.60. The molecule has 26 heavy (non-hydrogen) atoms. The average Bonchev–Trinajstić information content (AvgIpc) is 2.57. The highest BCUT2D eigenvalue weighted by atomic mass is 35.5. The molecule has 2 rings (SSSR count). The Labute approximate surface area is 154 Å². The second-order valence-corrected chi connectivity index (χ2v) is 7.50. The maximum atomic E-state index is 14.0. The molecule has 0 aliphatic rings. The minimum Gasteiger partial charge on any atom is -0.325 e. The Morgan fingerprint density at radius 3 is 2.35 bits per heavy atom. The van der Waals surface area contributed by atoms with Gasteiger partial charge in [-0.2, -0.15) is 0 Å². The lowest BCUT2D eigenvalue weighted by molar-refractivity contribution is -0.114. The van der Waals surface area contributed by atoms with Gasteiger partial charge in [-0.3, -0.25) is 9.59 Å². The van der Waals surface area contributed by atoms with Gasteiger partial charge in [-0.25, -0.2) is 17.5 Å². The molecule has 2 aromatic carbocycles. The van der Waals surface area contributed by atoms with E-state index in [1.165, 1.54) is 32.2 Å². The fourth-order valence-electron chi connectivity index (χ4n) is 2.07. The summed E-state index contributed by atoms with van der Waals surface area (Å²) in [7, 11) is -2.65. The lowest BCUT2D eigenvalue weighted by Gasteiger charge is -2.13. The SMILES string of the molecule is CNS(=O)(=O)c1ccc(F)c(C(=O)Nc2cc(Cl)ccc2NC(C)=O)c1. The highest BCUT2D eigenvalue weighted by Gasteiger charge is 2.19. The van der Waals surface area contributed by atoms with Gasteiger partial charge < -0.3 is 10.6 Å². The van der Waals surface area contributed by atoms with Crippen LogP contribution in [0.15, 0.2) is 41.3 Å². The Bertz CT molecular complexity index is 979. The summed E-state index contributed by atoms with van der Waals surface area (Å²) in [6.45, 7) is 1.28. The molecule has 0 spiro atoms. The molecule has 138 valence electrons. The molecule has 0 aliphatic heterocycles. The van der Waals surface area contributed by atoms with Crippen LogP contribution in [0.1, 0.15) is 17.3 Å². The molecular formula is C16H15ClFN3O4S. The number of sulfonamides is 1. The molecule has 0 heterocycles. The van der Waals surface area contributed by atoms with Crippen molar-refractivity contribution in [3.8, 4) is 0 Å².